The molecule has 4 nitrogen and oxygen atoms in total. The summed E-state index contributed by atoms with van der Waals surface area (Å²) in [5, 5.41) is 4.02. The van der Waals surface area contributed by atoms with E-state index in [4.69, 9.17) is 10.3 Å². The Bertz CT molecular complexity index is 517. The molecule has 1 aromatic carbocycles. The van der Waals surface area contributed by atoms with Crippen LogP contribution in [0, 0.1) is 3.57 Å². The first kappa shape index (κ1) is 13.5. The maximum Gasteiger partial charge on any atom is 0.257 e. The largest absolute Gasteiger partial charge is 0.334 e. The number of hydrogen-bond acceptors (Lipinski definition) is 4. The van der Waals surface area contributed by atoms with Crippen LogP contribution in [0.25, 0.3) is 11.5 Å². The summed E-state index contributed by atoms with van der Waals surface area (Å²) < 4.78 is 6.47. The smallest absolute Gasteiger partial charge is 0.257 e. The lowest BCUT2D eigenvalue weighted by molar-refractivity contribution is 0.350. The van der Waals surface area contributed by atoms with Gasteiger partial charge in [-0.2, -0.15) is 4.98 Å². The van der Waals surface area contributed by atoms with E-state index >= 15 is 0 Å². The molecule has 0 spiro atoms. The lowest BCUT2D eigenvalue weighted by Gasteiger charge is -2.21. The van der Waals surface area contributed by atoms with Gasteiger partial charge in [0.1, 0.15) is 0 Å². The molecule has 2 rings (SSSR count). The van der Waals surface area contributed by atoms with Crippen LogP contribution < -0.4 is 5.73 Å². The van der Waals surface area contributed by atoms with E-state index in [1.54, 1.807) is 0 Å². The van der Waals surface area contributed by atoms with E-state index in [1.807, 2.05) is 38.1 Å². The fraction of sp³-hybridized carbons (Fsp3) is 0.385. The summed E-state index contributed by atoms with van der Waals surface area (Å²) in [6.45, 7) is 4.06. The Labute approximate surface area is 120 Å². The lowest BCUT2D eigenvalue weighted by atomic mass is 9.93. The molecule has 1 heterocycles. The van der Waals surface area contributed by atoms with Gasteiger partial charge in [-0.05, 0) is 59.7 Å². The van der Waals surface area contributed by atoms with Crippen molar-refractivity contribution in [2.45, 2.75) is 32.2 Å². The van der Waals surface area contributed by atoms with Gasteiger partial charge < -0.3 is 10.3 Å². The van der Waals surface area contributed by atoms with Crippen LogP contribution in [0.5, 0.6) is 0 Å². The van der Waals surface area contributed by atoms with Crippen LogP contribution in [-0.4, -0.2) is 10.1 Å². The van der Waals surface area contributed by atoms with Gasteiger partial charge >= 0.3 is 0 Å². The highest BCUT2D eigenvalue weighted by Gasteiger charge is 2.29. The molecule has 2 N–H and O–H groups in total. The van der Waals surface area contributed by atoms with E-state index in [2.05, 4.69) is 32.7 Å². The van der Waals surface area contributed by atoms with E-state index in [0.717, 1.165) is 18.4 Å². The molecule has 0 saturated carbocycles. The zero-order valence-corrected chi connectivity index (χ0v) is 12.6. The van der Waals surface area contributed by atoms with Crippen molar-refractivity contribution < 1.29 is 4.52 Å². The number of benzene rings is 1. The predicted octanol–water partition coefficient (Wildman–Crippen LogP) is 3.32. The minimum Gasteiger partial charge on any atom is -0.334 e. The monoisotopic (exact) mass is 357 g/mol. The molecule has 0 radical (unpaired) electrons. The highest BCUT2D eigenvalue weighted by atomic mass is 127. The normalized spacial score (nSPS) is 11.8. The molecule has 1 aromatic heterocycles. The molecule has 0 fully saturated rings. The number of rotatable bonds is 4. The highest BCUT2D eigenvalue weighted by molar-refractivity contribution is 14.1. The Morgan fingerprint density at radius 1 is 1.22 bits per heavy atom. The third-order valence-corrected chi connectivity index (χ3v) is 3.94. The summed E-state index contributed by atoms with van der Waals surface area (Å²) >= 11 is 2.26. The maximum atomic E-state index is 6.25. The third-order valence-electron chi connectivity index (χ3n) is 3.22. The molecule has 0 atom stereocenters. The van der Waals surface area contributed by atoms with Crippen LogP contribution in [0.15, 0.2) is 28.8 Å². The number of aromatic nitrogens is 2. The molecule has 0 aliphatic heterocycles. The summed E-state index contributed by atoms with van der Waals surface area (Å²) in [6.07, 6.45) is 1.57. The summed E-state index contributed by atoms with van der Waals surface area (Å²) in [7, 11) is 0. The van der Waals surface area contributed by atoms with Crippen molar-refractivity contribution in [2.75, 3.05) is 0 Å². The first-order valence-corrected chi connectivity index (χ1v) is 7.06. The number of hydrogen-bond donors (Lipinski definition) is 1. The van der Waals surface area contributed by atoms with Gasteiger partial charge in [0.15, 0.2) is 5.82 Å². The summed E-state index contributed by atoms with van der Waals surface area (Å²) in [6, 6.07) is 7.95. The summed E-state index contributed by atoms with van der Waals surface area (Å²) in [4.78, 5) is 4.42. The first-order valence-electron chi connectivity index (χ1n) is 5.98. The van der Waals surface area contributed by atoms with E-state index in [9.17, 15) is 0 Å². The van der Waals surface area contributed by atoms with Crippen molar-refractivity contribution in [3.8, 4) is 11.5 Å². The average Bonchev–Trinajstić information content (AvgIpc) is 2.89. The van der Waals surface area contributed by atoms with Crippen LogP contribution in [0.2, 0.25) is 0 Å². The van der Waals surface area contributed by atoms with Crippen LogP contribution in [0.3, 0.4) is 0 Å². The second-order valence-electron chi connectivity index (χ2n) is 4.29. The molecule has 0 saturated heterocycles. The molecule has 5 heteroatoms. The second-order valence-corrected chi connectivity index (χ2v) is 5.54. The van der Waals surface area contributed by atoms with Crippen LogP contribution >= 0.6 is 22.6 Å². The number of halogens is 1. The van der Waals surface area contributed by atoms with Crippen molar-refractivity contribution in [3.63, 3.8) is 0 Å². The molecule has 0 aliphatic carbocycles. The standard InChI is InChI=1S/C13H16IN3O/c1-3-13(15,4-2)12-16-11(18-17-12)9-5-7-10(14)8-6-9/h5-8H,3-4,15H2,1-2H3. The topological polar surface area (TPSA) is 64.9 Å². The molecule has 96 valence electrons. The summed E-state index contributed by atoms with van der Waals surface area (Å²) in [5.41, 5.74) is 6.67. The average molecular weight is 357 g/mol. The second kappa shape index (κ2) is 5.36. The molecule has 18 heavy (non-hydrogen) atoms. The number of nitrogens with zero attached hydrogens (tertiary/aromatic N) is 2. The first-order chi connectivity index (χ1) is 8.59. The third kappa shape index (κ3) is 2.56. The van der Waals surface area contributed by atoms with E-state index in [0.29, 0.717) is 11.7 Å². The van der Waals surface area contributed by atoms with Crippen molar-refractivity contribution >= 4 is 22.6 Å². The van der Waals surface area contributed by atoms with Gasteiger partial charge in [0.25, 0.3) is 5.89 Å². The minimum absolute atomic E-state index is 0.495. The Hall–Kier alpha value is -0.950. The fourth-order valence-corrected chi connectivity index (χ4v) is 2.06. The quantitative estimate of drug-likeness (QED) is 0.853. The van der Waals surface area contributed by atoms with E-state index in [1.165, 1.54) is 3.57 Å². The molecular formula is C13H16IN3O. The predicted molar refractivity (Wildman–Crippen MR) is 78.9 cm³/mol. The lowest BCUT2D eigenvalue weighted by Crippen LogP contribution is -2.36. The van der Waals surface area contributed by atoms with Gasteiger partial charge in [-0.15, -0.1) is 0 Å². The van der Waals surface area contributed by atoms with E-state index < -0.39 is 5.54 Å². The van der Waals surface area contributed by atoms with Gasteiger partial charge in [-0.3, -0.25) is 0 Å². The van der Waals surface area contributed by atoms with Crippen molar-refractivity contribution in [1.29, 1.82) is 0 Å². The Morgan fingerprint density at radius 2 is 1.83 bits per heavy atom. The van der Waals surface area contributed by atoms with Gasteiger partial charge in [-0.1, -0.05) is 19.0 Å². The van der Waals surface area contributed by atoms with Crippen LogP contribution in [-0.2, 0) is 5.54 Å². The molecule has 2 aromatic rings. The molecule has 0 unspecified atom stereocenters. The Balaban J connectivity index is 2.33. The van der Waals surface area contributed by atoms with Gasteiger partial charge in [0, 0.05) is 9.13 Å². The molecular weight excluding hydrogens is 341 g/mol. The molecule has 0 bridgehead atoms. The Kier molecular flexibility index (Phi) is 4.01. The van der Waals surface area contributed by atoms with Crippen LogP contribution in [0.1, 0.15) is 32.5 Å². The van der Waals surface area contributed by atoms with Crippen molar-refractivity contribution in [3.05, 3.63) is 33.7 Å². The fourth-order valence-electron chi connectivity index (χ4n) is 1.70. The number of nitrogens with two attached hydrogens (primary N) is 1. The maximum absolute atomic E-state index is 6.25. The summed E-state index contributed by atoms with van der Waals surface area (Å²) in [5.74, 6) is 1.11. The van der Waals surface area contributed by atoms with Crippen molar-refractivity contribution in [1.82, 2.24) is 10.1 Å². The highest BCUT2D eigenvalue weighted by Crippen LogP contribution is 2.26. The van der Waals surface area contributed by atoms with Gasteiger partial charge in [0.05, 0.1) is 5.54 Å². The molecule has 0 aliphatic rings. The molecule has 0 amide bonds. The zero-order chi connectivity index (χ0) is 13.2. The van der Waals surface area contributed by atoms with Gasteiger partial charge in [0.2, 0.25) is 0 Å². The Morgan fingerprint density at radius 3 is 2.39 bits per heavy atom. The minimum atomic E-state index is -0.495. The SMILES string of the molecule is CCC(N)(CC)c1noc(-c2ccc(I)cc2)n1. The van der Waals surface area contributed by atoms with Gasteiger partial charge in [-0.25, -0.2) is 0 Å². The zero-order valence-electron chi connectivity index (χ0n) is 10.5. The van der Waals surface area contributed by atoms with Crippen LogP contribution in [0.4, 0.5) is 0 Å². The van der Waals surface area contributed by atoms with E-state index in [-0.39, 0.29) is 0 Å². The van der Waals surface area contributed by atoms with Crippen molar-refractivity contribution in [2.24, 2.45) is 5.73 Å².